The number of hydrogen-bond acceptors (Lipinski definition) is 0. The van der Waals surface area contributed by atoms with Gasteiger partial charge in [0.1, 0.15) is 0 Å². The number of halogens is 1. The fourth-order valence-electron chi connectivity index (χ4n) is 2.30. The fraction of sp³-hybridized carbons (Fsp3) is 0.0588. The fourth-order valence-corrected chi connectivity index (χ4v) is 5.69. The van der Waals surface area contributed by atoms with Gasteiger partial charge in [-0.15, -0.1) is 0 Å². The van der Waals surface area contributed by atoms with Crippen molar-refractivity contribution in [2.75, 3.05) is 0 Å². The average Bonchev–Trinajstić information content (AvgIpc) is 2.96. The second-order valence-electron chi connectivity index (χ2n) is 4.42. The van der Waals surface area contributed by atoms with Gasteiger partial charge in [0.15, 0.2) is 0 Å². The minimum atomic E-state index is -0.393. The van der Waals surface area contributed by atoms with Crippen LogP contribution >= 0.6 is 23.9 Å². The van der Waals surface area contributed by atoms with Crippen LogP contribution in [0.1, 0.15) is 0 Å². The molecule has 1 aliphatic rings. The van der Waals surface area contributed by atoms with Crippen molar-refractivity contribution in [1.82, 2.24) is 0 Å². The summed E-state index contributed by atoms with van der Waals surface area (Å²) in [6.07, 6.45) is 8.91. The molecule has 2 aromatic carbocycles. The number of benzene rings is 2. The largest absolute Gasteiger partial charge is 0.0727 e. The van der Waals surface area contributed by atoms with Crippen molar-refractivity contribution in [3.05, 3.63) is 83.4 Å². The summed E-state index contributed by atoms with van der Waals surface area (Å²) in [7, 11) is -0.393. The molecule has 0 aliphatic heterocycles. The highest BCUT2D eigenvalue weighted by atomic mass is 79.9. The molecule has 0 heterocycles. The van der Waals surface area contributed by atoms with E-state index in [9.17, 15) is 0 Å². The molecule has 0 aromatic heterocycles. The van der Waals surface area contributed by atoms with Crippen molar-refractivity contribution in [2.45, 2.75) is 5.66 Å². The number of hydrogen-bond donors (Lipinski definition) is 0. The van der Waals surface area contributed by atoms with Gasteiger partial charge in [-0.2, -0.15) is 0 Å². The van der Waals surface area contributed by atoms with Crippen LogP contribution in [-0.4, -0.2) is 5.66 Å². The first-order valence-corrected chi connectivity index (χ1v) is 8.50. The van der Waals surface area contributed by atoms with E-state index in [0.717, 1.165) is 0 Å². The van der Waals surface area contributed by atoms with Crippen molar-refractivity contribution in [1.29, 1.82) is 0 Å². The van der Waals surface area contributed by atoms with Crippen LogP contribution in [0.25, 0.3) is 0 Å². The van der Waals surface area contributed by atoms with Crippen LogP contribution < -0.4 is 10.6 Å². The molecule has 2 aromatic rings. The molecule has 0 fully saturated rings. The molecule has 0 N–H and O–H groups in total. The summed E-state index contributed by atoms with van der Waals surface area (Å²) in [5.74, 6) is 0. The minimum Gasteiger partial charge on any atom is -0.0727 e. The first-order valence-electron chi connectivity index (χ1n) is 6.30. The SMILES string of the molecule is Brc1ccccc1[P@@](c1ccccc1)C1C=CC=C1. The van der Waals surface area contributed by atoms with Crippen molar-refractivity contribution in [3.63, 3.8) is 0 Å². The van der Waals surface area contributed by atoms with E-state index in [0.29, 0.717) is 5.66 Å². The smallest absolute Gasteiger partial charge is 0.0255 e. The Balaban J connectivity index is 2.10. The van der Waals surface area contributed by atoms with E-state index < -0.39 is 7.92 Å². The van der Waals surface area contributed by atoms with E-state index in [4.69, 9.17) is 0 Å². The highest BCUT2D eigenvalue weighted by molar-refractivity contribution is 9.10. The topological polar surface area (TPSA) is 0 Å². The second-order valence-corrected chi connectivity index (χ2v) is 7.61. The minimum absolute atomic E-state index is 0.393. The van der Waals surface area contributed by atoms with Gasteiger partial charge in [0, 0.05) is 10.1 Å². The van der Waals surface area contributed by atoms with E-state index in [2.05, 4.69) is 94.8 Å². The summed E-state index contributed by atoms with van der Waals surface area (Å²) in [5.41, 5.74) is 0.496. The van der Waals surface area contributed by atoms with Crippen LogP contribution in [0.15, 0.2) is 83.4 Å². The molecule has 0 saturated heterocycles. The molecule has 2 heteroatoms. The summed E-state index contributed by atoms with van der Waals surface area (Å²) < 4.78 is 1.21. The Kier molecular flexibility index (Phi) is 3.96. The van der Waals surface area contributed by atoms with Gasteiger partial charge in [-0.25, -0.2) is 0 Å². The van der Waals surface area contributed by atoms with Crippen LogP contribution in [0.2, 0.25) is 0 Å². The van der Waals surface area contributed by atoms with Crippen LogP contribution in [0.5, 0.6) is 0 Å². The monoisotopic (exact) mass is 328 g/mol. The van der Waals surface area contributed by atoms with Crippen LogP contribution in [0.3, 0.4) is 0 Å². The highest BCUT2D eigenvalue weighted by Crippen LogP contribution is 2.44. The summed E-state index contributed by atoms with van der Waals surface area (Å²) in [4.78, 5) is 0. The Morgan fingerprint density at radius 1 is 0.789 bits per heavy atom. The molecule has 19 heavy (non-hydrogen) atoms. The zero-order valence-electron chi connectivity index (χ0n) is 10.4. The van der Waals surface area contributed by atoms with Gasteiger partial charge in [0.2, 0.25) is 0 Å². The van der Waals surface area contributed by atoms with Crippen molar-refractivity contribution in [2.24, 2.45) is 0 Å². The Bertz CT molecular complexity index is 604. The zero-order chi connectivity index (χ0) is 13.1. The standard InChI is InChI=1S/C17H14BrP/c18-16-12-6-7-13-17(16)19(15-10-4-5-11-15)14-8-2-1-3-9-14/h1-13,15H/t19-/m0/s1. The van der Waals surface area contributed by atoms with Crippen molar-refractivity contribution < 1.29 is 0 Å². The van der Waals surface area contributed by atoms with Gasteiger partial charge in [0.05, 0.1) is 0 Å². The maximum Gasteiger partial charge on any atom is 0.0255 e. The van der Waals surface area contributed by atoms with Gasteiger partial charge in [-0.3, -0.25) is 0 Å². The molecule has 0 amide bonds. The van der Waals surface area contributed by atoms with E-state index >= 15 is 0 Å². The third-order valence-corrected chi connectivity index (χ3v) is 6.87. The van der Waals surface area contributed by atoms with E-state index in [1.807, 2.05) is 0 Å². The summed E-state index contributed by atoms with van der Waals surface area (Å²) in [6, 6.07) is 19.4. The maximum atomic E-state index is 3.71. The molecule has 0 radical (unpaired) electrons. The van der Waals surface area contributed by atoms with Gasteiger partial charge in [-0.05, 0) is 24.6 Å². The summed E-state index contributed by atoms with van der Waals surface area (Å²) >= 11 is 3.71. The second kappa shape index (κ2) is 5.86. The molecular formula is C17H14BrP. The van der Waals surface area contributed by atoms with Gasteiger partial charge < -0.3 is 0 Å². The van der Waals surface area contributed by atoms with Gasteiger partial charge >= 0.3 is 0 Å². The average molecular weight is 329 g/mol. The maximum absolute atomic E-state index is 3.71. The molecule has 1 aliphatic carbocycles. The predicted octanol–water partition coefficient (Wildman–Crippen LogP) is 4.38. The Hall–Kier alpha value is -1.17. The third-order valence-electron chi connectivity index (χ3n) is 3.17. The third kappa shape index (κ3) is 2.73. The number of rotatable bonds is 3. The molecular weight excluding hydrogens is 315 g/mol. The van der Waals surface area contributed by atoms with Crippen LogP contribution in [-0.2, 0) is 0 Å². The molecule has 0 unspecified atom stereocenters. The summed E-state index contributed by atoms with van der Waals surface area (Å²) in [6.45, 7) is 0. The normalized spacial score (nSPS) is 15.8. The van der Waals surface area contributed by atoms with E-state index in [-0.39, 0.29) is 0 Å². The molecule has 94 valence electrons. The highest BCUT2D eigenvalue weighted by Gasteiger charge is 2.23. The molecule has 0 bridgehead atoms. The van der Waals surface area contributed by atoms with Crippen LogP contribution in [0.4, 0.5) is 0 Å². The molecule has 3 rings (SSSR count). The molecule has 0 spiro atoms. The van der Waals surface area contributed by atoms with E-state index in [1.165, 1.54) is 15.1 Å². The lowest BCUT2D eigenvalue weighted by atomic mass is 10.4. The Morgan fingerprint density at radius 3 is 2.11 bits per heavy atom. The molecule has 0 saturated carbocycles. The van der Waals surface area contributed by atoms with Crippen molar-refractivity contribution >= 4 is 34.5 Å². The zero-order valence-corrected chi connectivity index (χ0v) is 12.9. The Morgan fingerprint density at radius 2 is 1.42 bits per heavy atom. The van der Waals surface area contributed by atoms with Gasteiger partial charge in [0.25, 0.3) is 0 Å². The lowest BCUT2D eigenvalue weighted by Gasteiger charge is -2.24. The first-order chi connectivity index (χ1) is 9.36. The van der Waals surface area contributed by atoms with Crippen molar-refractivity contribution in [3.8, 4) is 0 Å². The summed E-state index contributed by atoms with van der Waals surface area (Å²) in [5, 5.41) is 2.83. The molecule has 0 nitrogen and oxygen atoms in total. The lowest BCUT2D eigenvalue weighted by molar-refractivity contribution is 1.44. The van der Waals surface area contributed by atoms with Gasteiger partial charge in [-0.1, -0.05) is 88.8 Å². The van der Waals surface area contributed by atoms with E-state index in [1.54, 1.807) is 0 Å². The first kappa shape index (κ1) is 12.8. The predicted molar refractivity (Wildman–Crippen MR) is 88.8 cm³/mol. The Labute approximate surface area is 123 Å². The lowest BCUT2D eigenvalue weighted by Crippen LogP contribution is -2.19. The molecule has 1 atom stereocenters. The number of allylic oxidation sites excluding steroid dienone is 4. The van der Waals surface area contributed by atoms with Crippen LogP contribution in [0, 0.1) is 0 Å². The quantitative estimate of drug-likeness (QED) is 0.733.